The first-order valence-electron chi connectivity index (χ1n) is 8.38. The molecule has 0 aliphatic rings. The Morgan fingerprint density at radius 1 is 1.00 bits per heavy atom. The van der Waals surface area contributed by atoms with Gasteiger partial charge in [0.05, 0.1) is 0 Å². The number of carbonyl (C=O) groups is 1. The summed E-state index contributed by atoms with van der Waals surface area (Å²) in [5.74, 6) is 0.369. The summed E-state index contributed by atoms with van der Waals surface area (Å²) in [6, 6.07) is 23.1. The van der Waals surface area contributed by atoms with Crippen molar-refractivity contribution >= 4 is 51.4 Å². The Morgan fingerprint density at radius 3 is 2.56 bits per heavy atom. The summed E-state index contributed by atoms with van der Waals surface area (Å²) in [5, 5.41) is 2.85. The Hall–Kier alpha value is -2.93. The Kier molecular flexibility index (Phi) is 5.02. The van der Waals surface area contributed by atoms with Crippen molar-refractivity contribution in [1.29, 1.82) is 0 Å². The number of halogens is 1. The van der Waals surface area contributed by atoms with Crippen LogP contribution >= 0.6 is 22.6 Å². The lowest BCUT2D eigenvalue weighted by molar-refractivity contribution is -0.111. The minimum Gasteiger partial charge on any atom is -0.436 e. The van der Waals surface area contributed by atoms with Crippen molar-refractivity contribution in [2.24, 2.45) is 0 Å². The molecule has 0 aliphatic heterocycles. The molecule has 1 N–H and O–H groups in total. The molecule has 4 rings (SSSR count). The van der Waals surface area contributed by atoms with Crippen LogP contribution in [-0.2, 0) is 4.79 Å². The first-order chi connectivity index (χ1) is 13.2. The average molecular weight is 466 g/mol. The first-order valence-corrected chi connectivity index (χ1v) is 9.46. The molecule has 0 aliphatic carbocycles. The summed E-state index contributed by atoms with van der Waals surface area (Å²) in [6.07, 6.45) is 3.29. The number of nitrogens with one attached hydrogen (secondary N) is 1. The highest BCUT2D eigenvalue weighted by molar-refractivity contribution is 14.1. The van der Waals surface area contributed by atoms with Crippen molar-refractivity contribution in [3.8, 4) is 11.5 Å². The normalized spacial score (nSPS) is 11.1. The number of nitrogens with zero attached hydrogens (tertiary/aromatic N) is 1. The number of hydrogen-bond acceptors (Lipinski definition) is 3. The molecule has 0 spiro atoms. The molecule has 0 fully saturated rings. The Morgan fingerprint density at radius 2 is 1.78 bits per heavy atom. The van der Waals surface area contributed by atoms with Crippen LogP contribution in [0.15, 0.2) is 83.3 Å². The van der Waals surface area contributed by atoms with Crippen molar-refractivity contribution in [2.45, 2.75) is 0 Å². The molecule has 4 nitrogen and oxygen atoms in total. The van der Waals surface area contributed by atoms with Crippen LogP contribution in [0.3, 0.4) is 0 Å². The van der Waals surface area contributed by atoms with Crippen LogP contribution in [0.1, 0.15) is 5.56 Å². The van der Waals surface area contributed by atoms with E-state index in [0.29, 0.717) is 22.7 Å². The molecule has 1 aromatic heterocycles. The van der Waals surface area contributed by atoms with E-state index < -0.39 is 0 Å². The molecule has 0 radical (unpaired) electrons. The third-order valence-electron chi connectivity index (χ3n) is 3.97. The second-order valence-corrected chi connectivity index (χ2v) is 7.19. The van der Waals surface area contributed by atoms with Gasteiger partial charge >= 0.3 is 0 Å². The third kappa shape index (κ3) is 4.25. The molecule has 0 unspecified atom stereocenters. The fraction of sp³-hybridized carbons (Fsp3) is 0. The van der Waals surface area contributed by atoms with Crippen LogP contribution in [-0.4, -0.2) is 10.9 Å². The molecule has 27 heavy (non-hydrogen) atoms. The van der Waals surface area contributed by atoms with Gasteiger partial charge in [-0.2, -0.15) is 0 Å². The van der Waals surface area contributed by atoms with Crippen molar-refractivity contribution in [3.63, 3.8) is 0 Å². The van der Waals surface area contributed by atoms with Crippen LogP contribution < -0.4 is 5.32 Å². The van der Waals surface area contributed by atoms with E-state index in [4.69, 9.17) is 4.42 Å². The summed E-state index contributed by atoms with van der Waals surface area (Å²) in [6.45, 7) is 0. The standard InChI is InChI=1S/C22H15IN2O2/c23-17-9-7-16(8-10-17)22-25-19-14-18(11-12-20(19)27-22)24-21(26)13-6-15-4-2-1-3-5-15/h1-14H,(H,24,26)/b13-6+. The highest BCUT2D eigenvalue weighted by Crippen LogP contribution is 2.26. The SMILES string of the molecule is O=C(/C=C/c1ccccc1)Nc1ccc2oc(-c3ccc(I)cc3)nc2c1. The second-order valence-electron chi connectivity index (χ2n) is 5.94. The first kappa shape index (κ1) is 17.5. The van der Waals surface area contributed by atoms with Gasteiger partial charge in [-0.05, 0) is 76.7 Å². The highest BCUT2D eigenvalue weighted by Gasteiger charge is 2.09. The number of benzene rings is 3. The largest absolute Gasteiger partial charge is 0.436 e. The van der Waals surface area contributed by atoms with E-state index in [0.717, 1.165) is 14.7 Å². The average Bonchev–Trinajstić information content (AvgIpc) is 3.11. The van der Waals surface area contributed by atoms with Gasteiger partial charge in [0.25, 0.3) is 0 Å². The van der Waals surface area contributed by atoms with E-state index in [1.54, 1.807) is 12.1 Å². The fourth-order valence-corrected chi connectivity index (χ4v) is 3.00. The zero-order valence-electron chi connectivity index (χ0n) is 14.2. The molecule has 132 valence electrons. The quantitative estimate of drug-likeness (QED) is 0.308. The summed E-state index contributed by atoms with van der Waals surface area (Å²) < 4.78 is 6.97. The minimum atomic E-state index is -0.195. The molecule has 0 atom stereocenters. The van der Waals surface area contributed by atoms with Crippen molar-refractivity contribution in [2.75, 3.05) is 5.32 Å². The summed E-state index contributed by atoms with van der Waals surface area (Å²) in [7, 11) is 0. The number of carbonyl (C=O) groups excluding carboxylic acids is 1. The molecule has 3 aromatic carbocycles. The van der Waals surface area contributed by atoms with E-state index in [2.05, 4.69) is 32.9 Å². The maximum Gasteiger partial charge on any atom is 0.248 e. The zero-order chi connectivity index (χ0) is 18.6. The summed E-state index contributed by atoms with van der Waals surface area (Å²) >= 11 is 2.26. The number of anilines is 1. The van der Waals surface area contributed by atoms with Crippen LogP contribution in [0.4, 0.5) is 5.69 Å². The van der Waals surface area contributed by atoms with E-state index in [-0.39, 0.29) is 5.91 Å². The molecular weight excluding hydrogens is 451 g/mol. The Bertz CT molecular complexity index is 1120. The number of amides is 1. The molecule has 0 saturated carbocycles. The molecule has 5 heteroatoms. The number of fused-ring (bicyclic) bond motifs is 1. The van der Waals surface area contributed by atoms with Gasteiger partial charge in [0, 0.05) is 20.9 Å². The number of rotatable bonds is 4. The predicted octanol–water partition coefficient (Wildman–Crippen LogP) is 5.75. The monoisotopic (exact) mass is 466 g/mol. The van der Waals surface area contributed by atoms with Crippen molar-refractivity contribution in [3.05, 3.63) is 88.0 Å². The smallest absolute Gasteiger partial charge is 0.248 e. The van der Waals surface area contributed by atoms with Gasteiger partial charge in [0.2, 0.25) is 11.8 Å². The van der Waals surface area contributed by atoms with Crippen LogP contribution in [0, 0.1) is 3.57 Å². The van der Waals surface area contributed by atoms with Gasteiger partial charge in [-0.25, -0.2) is 4.98 Å². The van der Waals surface area contributed by atoms with Gasteiger partial charge in [-0.15, -0.1) is 0 Å². The predicted molar refractivity (Wildman–Crippen MR) is 116 cm³/mol. The lowest BCUT2D eigenvalue weighted by Gasteiger charge is -2.01. The van der Waals surface area contributed by atoms with Gasteiger partial charge in [0.1, 0.15) is 5.52 Å². The number of hydrogen-bond donors (Lipinski definition) is 1. The Balaban J connectivity index is 1.52. The van der Waals surface area contributed by atoms with Gasteiger partial charge in [0.15, 0.2) is 5.58 Å². The molecule has 0 saturated heterocycles. The molecule has 4 aromatic rings. The van der Waals surface area contributed by atoms with Gasteiger partial charge in [-0.1, -0.05) is 30.3 Å². The van der Waals surface area contributed by atoms with E-state index in [1.165, 1.54) is 6.08 Å². The topological polar surface area (TPSA) is 55.1 Å². The summed E-state index contributed by atoms with van der Waals surface area (Å²) in [4.78, 5) is 16.7. The van der Waals surface area contributed by atoms with Crippen molar-refractivity contribution < 1.29 is 9.21 Å². The molecule has 1 amide bonds. The van der Waals surface area contributed by atoms with Gasteiger partial charge in [-0.3, -0.25) is 4.79 Å². The van der Waals surface area contributed by atoms with E-state index in [9.17, 15) is 4.79 Å². The minimum absolute atomic E-state index is 0.195. The Labute approximate surface area is 170 Å². The highest BCUT2D eigenvalue weighted by atomic mass is 127. The van der Waals surface area contributed by atoms with Crippen LogP contribution in [0.25, 0.3) is 28.6 Å². The maximum absolute atomic E-state index is 12.1. The van der Waals surface area contributed by atoms with E-state index >= 15 is 0 Å². The van der Waals surface area contributed by atoms with Crippen LogP contribution in [0.5, 0.6) is 0 Å². The zero-order valence-corrected chi connectivity index (χ0v) is 16.4. The van der Waals surface area contributed by atoms with Gasteiger partial charge < -0.3 is 9.73 Å². The lowest BCUT2D eigenvalue weighted by atomic mass is 10.2. The number of oxazole rings is 1. The second kappa shape index (κ2) is 7.75. The van der Waals surface area contributed by atoms with E-state index in [1.807, 2.05) is 66.7 Å². The molecule has 1 heterocycles. The van der Waals surface area contributed by atoms with Crippen molar-refractivity contribution in [1.82, 2.24) is 4.98 Å². The third-order valence-corrected chi connectivity index (χ3v) is 4.69. The molecule has 0 bridgehead atoms. The van der Waals surface area contributed by atoms with Crippen LogP contribution in [0.2, 0.25) is 0 Å². The summed E-state index contributed by atoms with van der Waals surface area (Å²) in [5.41, 5.74) is 3.95. The number of aromatic nitrogens is 1. The lowest BCUT2D eigenvalue weighted by Crippen LogP contribution is -2.07. The fourth-order valence-electron chi connectivity index (χ4n) is 2.64. The maximum atomic E-state index is 12.1. The molecular formula is C22H15IN2O2.